The summed E-state index contributed by atoms with van der Waals surface area (Å²) >= 11 is 0. The molecule has 0 bridgehead atoms. The minimum absolute atomic E-state index is 0. The van der Waals surface area contributed by atoms with Crippen LogP contribution in [0, 0.1) is 12.9 Å². The highest BCUT2D eigenvalue weighted by atomic mass is 35.5. The van der Waals surface area contributed by atoms with Crippen LogP contribution < -0.4 is 5.32 Å². The maximum Gasteiger partial charge on any atom is 0.257 e. The Morgan fingerprint density at radius 1 is 1.29 bits per heavy atom. The van der Waals surface area contributed by atoms with Crippen molar-refractivity contribution in [1.29, 1.82) is 0 Å². The molecule has 0 spiro atoms. The molecule has 21 heavy (non-hydrogen) atoms. The quantitative estimate of drug-likeness (QED) is 0.885. The van der Waals surface area contributed by atoms with E-state index in [1.54, 1.807) is 13.0 Å². The Hall–Kier alpha value is -1.54. The van der Waals surface area contributed by atoms with Gasteiger partial charge < -0.3 is 5.32 Å². The molecule has 0 atom stereocenters. The molecule has 0 aliphatic heterocycles. The number of nitrogens with one attached hydrogen (secondary N) is 1. The van der Waals surface area contributed by atoms with Gasteiger partial charge in [0, 0.05) is 31.9 Å². The summed E-state index contributed by atoms with van der Waals surface area (Å²) in [6, 6.07) is 1.65. The van der Waals surface area contributed by atoms with Crippen molar-refractivity contribution < 1.29 is 13.2 Å². The smallest absolute Gasteiger partial charge is 0.257 e. The lowest BCUT2D eigenvalue weighted by Gasteiger charge is -2.02. The highest BCUT2D eigenvalue weighted by Crippen LogP contribution is 2.10. The second-order valence-electron chi connectivity index (χ2n) is 4.50. The largest absolute Gasteiger partial charge is 0.307 e. The molecular formula is C12H17ClF3N5. The van der Waals surface area contributed by atoms with Crippen LogP contribution in [0.3, 0.4) is 0 Å². The van der Waals surface area contributed by atoms with Gasteiger partial charge in [-0.05, 0) is 13.0 Å². The molecular weight excluding hydrogens is 307 g/mol. The summed E-state index contributed by atoms with van der Waals surface area (Å²) in [4.78, 5) is 0. The number of hydrogen-bond acceptors (Lipinski definition) is 3. The first-order chi connectivity index (χ1) is 9.47. The molecule has 0 aromatic carbocycles. The number of rotatable bonds is 6. The molecule has 0 radical (unpaired) electrons. The third-order valence-corrected chi connectivity index (χ3v) is 2.90. The molecule has 2 aromatic rings. The van der Waals surface area contributed by atoms with Crippen molar-refractivity contribution in [3.05, 3.63) is 35.2 Å². The molecule has 0 aliphatic rings. The zero-order chi connectivity index (χ0) is 14.7. The summed E-state index contributed by atoms with van der Waals surface area (Å²) in [7, 11) is 1.54. The van der Waals surface area contributed by atoms with E-state index in [0.717, 1.165) is 0 Å². The monoisotopic (exact) mass is 323 g/mol. The van der Waals surface area contributed by atoms with Crippen molar-refractivity contribution in [2.24, 2.45) is 7.05 Å². The van der Waals surface area contributed by atoms with Crippen LogP contribution in [0.25, 0.3) is 0 Å². The first-order valence-corrected chi connectivity index (χ1v) is 6.16. The summed E-state index contributed by atoms with van der Waals surface area (Å²) in [5.41, 5.74) is 1.76. The van der Waals surface area contributed by atoms with Gasteiger partial charge in [0.15, 0.2) is 0 Å². The van der Waals surface area contributed by atoms with Gasteiger partial charge in [0.25, 0.3) is 6.43 Å². The van der Waals surface area contributed by atoms with Crippen molar-refractivity contribution >= 4 is 12.4 Å². The van der Waals surface area contributed by atoms with Gasteiger partial charge in [0.2, 0.25) is 5.95 Å². The van der Waals surface area contributed by atoms with Crippen molar-refractivity contribution in [2.75, 3.05) is 0 Å². The van der Waals surface area contributed by atoms with E-state index in [-0.39, 0.29) is 18.4 Å². The van der Waals surface area contributed by atoms with E-state index in [4.69, 9.17) is 0 Å². The van der Waals surface area contributed by atoms with Crippen LogP contribution in [0.15, 0.2) is 12.3 Å². The molecule has 0 unspecified atom stereocenters. The second kappa shape index (κ2) is 7.46. The number of aryl methyl sites for hydroxylation is 2. The van der Waals surface area contributed by atoms with E-state index in [1.807, 2.05) is 0 Å². The normalized spacial score (nSPS) is 11.0. The third-order valence-electron chi connectivity index (χ3n) is 2.90. The standard InChI is InChI=1S/C12H16F3N5.ClH/c1-8-10(12(15)19(2)17-8)6-16-5-9-3-4-20(18-9)7-11(13)14;/h3-4,11,16H,5-7H2,1-2H3;1H. The fourth-order valence-corrected chi connectivity index (χ4v) is 1.93. The molecule has 0 aliphatic carbocycles. The molecule has 2 heterocycles. The van der Waals surface area contributed by atoms with E-state index in [2.05, 4.69) is 15.5 Å². The Morgan fingerprint density at radius 2 is 2.00 bits per heavy atom. The first-order valence-electron chi connectivity index (χ1n) is 6.16. The number of alkyl halides is 2. The summed E-state index contributed by atoms with van der Waals surface area (Å²) < 4.78 is 40.4. The van der Waals surface area contributed by atoms with Crippen LogP contribution in [0.2, 0.25) is 0 Å². The van der Waals surface area contributed by atoms with Gasteiger partial charge in [-0.1, -0.05) is 0 Å². The number of hydrogen-bond donors (Lipinski definition) is 1. The van der Waals surface area contributed by atoms with E-state index in [1.165, 1.54) is 22.6 Å². The molecule has 118 valence electrons. The Bertz CT molecular complexity index is 581. The summed E-state index contributed by atoms with van der Waals surface area (Å²) in [5.74, 6) is -0.377. The molecule has 0 amide bonds. The molecule has 2 rings (SSSR count). The lowest BCUT2D eigenvalue weighted by molar-refractivity contribution is 0.121. The first kappa shape index (κ1) is 17.5. The molecule has 1 N–H and O–H groups in total. The number of halogens is 4. The zero-order valence-corrected chi connectivity index (χ0v) is 12.5. The van der Waals surface area contributed by atoms with Crippen LogP contribution in [0.4, 0.5) is 13.2 Å². The highest BCUT2D eigenvalue weighted by molar-refractivity contribution is 5.85. The summed E-state index contributed by atoms with van der Waals surface area (Å²) in [6.07, 6.45) is -0.929. The second-order valence-corrected chi connectivity index (χ2v) is 4.50. The third kappa shape index (κ3) is 4.47. The van der Waals surface area contributed by atoms with Crippen LogP contribution in [-0.2, 0) is 26.7 Å². The fraction of sp³-hybridized carbons (Fsp3) is 0.500. The molecule has 5 nitrogen and oxygen atoms in total. The van der Waals surface area contributed by atoms with Crippen LogP contribution in [-0.4, -0.2) is 26.0 Å². The fourth-order valence-electron chi connectivity index (χ4n) is 1.93. The Kier molecular flexibility index (Phi) is 6.22. The van der Waals surface area contributed by atoms with Crippen LogP contribution >= 0.6 is 12.4 Å². The maximum atomic E-state index is 13.7. The van der Waals surface area contributed by atoms with Crippen molar-refractivity contribution in [3.63, 3.8) is 0 Å². The average Bonchev–Trinajstić information content (AvgIpc) is 2.88. The highest BCUT2D eigenvalue weighted by Gasteiger charge is 2.12. The molecule has 0 fully saturated rings. The topological polar surface area (TPSA) is 47.7 Å². The summed E-state index contributed by atoms with van der Waals surface area (Å²) in [5, 5.41) is 11.0. The minimum atomic E-state index is -2.43. The van der Waals surface area contributed by atoms with Crippen LogP contribution in [0.5, 0.6) is 0 Å². The predicted molar refractivity (Wildman–Crippen MR) is 73.9 cm³/mol. The zero-order valence-electron chi connectivity index (χ0n) is 11.7. The number of aromatic nitrogens is 4. The van der Waals surface area contributed by atoms with E-state index < -0.39 is 13.0 Å². The van der Waals surface area contributed by atoms with Gasteiger partial charge in [-0.25, -0.2) is 13.5 Å². The van der Waals surface area contributed by atoms with Gasteiger partial charge in [-0.15, -0.1) is 12.4 Å². The van der Waals surface area contributed by atoms with Gasteiger partial charge >= 0.3 is 0 Å². The molecule has 0 saturated carbocycles. The van der Waals surface area contributed by atoms with Crippen LogP contribution in [0.1, 0.15) is 17.0 Å². The van der Waals surface area contributed by atoms with Gasteiger partial charge in [0.05, 0.1) is 11.4 Å². The maximum absolute atomic E-state index is 13.7. The molecule has 0 saturated heterocycles. The van der Waals surface area contributed by atoms with E-state index in [9.17, 15) is 13.2 Å². The van der Waals surface area contributed by atoms with E-state index >= 15 is 0 Å². The average molecular weight is 324 g/mol. The Labute approximate surface area is 126 Å². The number of nitrogens with zero attached hydrogens (tertiary/aromatic N) is 4. The van der Waals surface area contributed by atoms with Crippen molar-refractivity contribution in [1.82, 2.24) is 24.9 Å². The molecule has 9 heteroatoms. The predicted octanol–water partition coefficient (Wildman–Crippen LogP) is 2.04. The Balaban J connectivity index is 0.00000220. The van der Waals surface area contributed by atoms with Crippen molar-refractivity contribution in [3.8, 4) is 0 Å². The molecule has 2 aromatic heterocycles. The van der Waals surface area contributed by atoms with E-state index in [0.29, 0.717) is 30.0 Å². The summed E-state index contributed by atoms with van der Waals surface area (Å²) in [6.45, 7) is 2.00. The van der Waals surface area contributed by atoms with Crippen molar-refractivity contribution in [2.45, 2.75) is 33.0 Å². The minimum Gasteiger partial charge on any atom is -0.307 e. The van der Waals surface area contributed by atoms with Gasteiger partial charge in [-0.2, -0.15) is 14.6 Å². The SMILES string of the molecule is Cc1nn(C)c(F)c1CNCc1ccn(CC(F)F)n1.Cl. The van der Waals surface area contributed by atoms with Gasteiger partial charge in [-0.3, -0.25) is 4.68 Å². The Morgan fingerprint density at radius 3 is 2.57 bits per heavy atom. The van der Waals surface area contributed by atoms with Gasteiger partial charge in [0.1, 0.15) is 6.54 Å². The lowest BCUT2D eigenvalue weighted by Crippen LogP contribution is -2.15. The lowest BCUT2D eigenvalue weighted by atomic mass is 10.2.